The topological polar surface area (TPSA) is 122 Å². The van der Waals surface area contributed by atoms with Gasteiger partial charge >= 0.3 is 0 Å². The van der Waals surface area contributed by atoms with Crippen molar-refractivity contribution in [3.05, 3.63) is 0 Å². The van der Waals surface area contributed by atoms with Crippen molar-refractivity contribution < 1.29 is 18.4 Å². The van der Waals surface area contributed by atoms with Crippen molar-refractivity contribution in [2.24, 2.45) is 10.9 Å². The number of nitrogens with two attached hydrogens (primary N) is 1. The van der Waals surface area contributed by atoms with Gasteiger partial charge in [0.05, 0.1) is 17.9 Å². The molecule has 0 aromatic carbocycles. The number of oxime groups is 1. The molecule has 1 heterocycles. The molecule has 1 unspecified atom stereocenters. The van der Waals surface area contributed by atoms with E-state index in [-0.39, 0.29) is 29.8 Å². The number of rotatable bonds is 3. The monoisotopic (exact) mass is 249 g/mol. The zero-order valence-electron chi connectivity index (χ0n) is 8.72. The minimum atomic E-state index is -3.04. The molecule has 7 nitrogen and oxygen atoms in total. The Morgan fingerprint density at radius 2 is 2.25 bits per heavy atom. The number of nitrogens with one attached hydrogen (secondary N) is 1. The van der Waals surface area contributed by atoms with Crippen LogP contribution in [0.2, 0.25) is 0 Å². The summed E-state index contributed by atoms with van der Waals surface area (Å²) < 4.78 is 22.6. The lowest BCUT2D eigenvalue weighted by molar-refractivity contribution is -0.120. The highest BCUT2D eigenvalue weighted by atomic mass is 32.2. The van der Waals surface area contributed by atoms with E-state index in [1.54, 1.807) is 0 Å². The lowest BCUT2D eigenvalue weighted by atomic mass is 10.2. The average molecular weight is 249 g/mol. The molecule has 1 rings (SSSR count). The second-order valence-electron chi connectivity index (χ2n) is 3.79. The van der Waals surface area contributed by atoms with Crippen molar-refractivity contribution in [2.45, 2.75) is 25.3 Å². The van der Waals surface area contributed by atoms with E-state index in [1.807, 2.05) is 0 Å². The predicted octanol–water partition coefficient (Wildman–Crippen LogP) is -1.18. The number of amidine groups is 1. The summed E-state index contributed by atoms with van der Waals surface area (Å²) in [5, 5.41) is 13.5. The van der Waals surface area contributed by atoms with Crippen molar-refractivity contribution in [3.63, 3.8) is 0 Å². The normalized spacial score (nSPS) is 25.0. The number of hydrogen-bond donors (Lipinski definition) is 3. The van der Waals surface area contributed by atoms with E-state index in [1.165, 1.54) is 0 Å². The molecule has 0 aliphatic carbocycles. The van der Waals surface area contributed by atoms with Crippen LogP contribution in [0.1, 0.15) is 19.3 Å². The maximum Gasteiger partial charge on any atom is 0.227 e. The first-order chi connectivity index (χ1) is 7.43. The smallest absolute Gasteiger partial charge is 0.227 e. The van der Waals surface area contributed by atoms with Gasteiger partial charge in [-0.15, -0.1) is 0 Å². The molecule has 92 valence electrons. The minimum Gasteiger partial charge on any atom is -0.409 e. The molecular formula is C8H15N3O4S. The highest BCUT2D eigenvalue weighted by Crippen LogP contribution is 2.11. The molecule has 4 N–H and O–H groups in total. The molecule has 1 aliphatic heterocycles. The van der Waals surface area contributed by atoms with Crippen molar-refractivity contribution in [2.75, 3.05) is 11.5 Å². The summed E-state index contributed by atoms with van der Waals surface area (Å²) in [6, 6.07) is -0.363. The van der Waals surface area contributed by atoms with Crippen LogP contribution in [0.4, 0.5) is 0 Å². The van der Waals surface area contributed by atoms with Gasteiger partial charge < -0.3 is 16.3 Å². The minimum absolute atomic E-state index is 0.0328. The van der Waals surface area contributed by atoms with Gasteiger partial charge in [-0.2, -0.15) is 0 Å². The van der Waals surface area contributed by atoms with Gasteiger partial charge in [-0.05, 0) is 12.8 Å². The molecule has 0 saturated carbocycles. The number of amides is 1. The van der Waals surface area contributed by atoms with E-state index in [2.05, 4.69) is 10.5 Å². The number of nitrogens with zero attached hydrogens (tertiary/aromatic N) is 1. The lowest BCUT2D eigenvalue weighted by Crippen LogP contribution is -2.44. The Labute approximate surface area is 93.6 Å². The van der Waals surface area contributed by atoms with Crippen LogP contribution < -0.4 is 11.1 Å². The highest BCUT2D eigenvalue weighted by molar-refractivity contribution is 7.91. The van der Waals surface area contributed by atoms with E-state index in [9.17, 15) is 13.2 Å². The molecule has 1 fully saturated rings. The summed E-state index contributed by atoms with van der Waals surface area (Å²) >= 11 is 0. The molecule has 1 atom stereocenters. The number of carbonyl (C=O) groups excluding carboxylic acids is 1. The summed E-state index contributed by atoms with van der Waals surface area (Å²) in [6.07, 6.45) is 0.963. The van der Waals surface area contributed by atoms with Crippen molar-refractivity contribution in [1.82, 2.24) is 5.32 Å². The molecule has 16 heavy (non-hydrogen) atoms. The molecular weight excluding hydrogens is 234 g/mol. The molecule has 0 aromatic heterocycles. The molecule has 8 heteroatoms. The fraction of sp³-hybridized carbons (Fsp3) is 0.750. The molecule has 1 saturated heterocycles. The summed E-state index contributed by atoms with van der Waals surface area (Å²) in [4.78, 5) is 11.3. The second-order valence-corrected chi connectivity index (χ2v) is 6.02. The van der Waals surface area contributed by atoms with Crippen LogP contribution in [0, 0.1) is 0 Å². The maximum atomic E-state index is 11.3. The summed E-state index contributed by atoms with van der Waals surface area (Å²) in [5.41, 5.74) is 5.15. The van der Waals surface area contributed by atoms with Crippen LogP contribution in [0.3, 0.4) is 0 Å². The Balaban J connectivity index is 2.46. The Kier molecular flexibility index (Phi) is 4.11. The third-order valence-electron chi connectivity index (χ3n) is 2.30. The third kappa shape index (κ3) is 4.05. The van der Waals surface area contributed by atoms with E-state index in [4.69, 9.17) is 10.9 Å². The molecule has 0 radical (unpaired) electrons. The van der Waals surface area contributed by atoms with Crippen molar-refractivity contribution >= 4 is 21.6 Å². The van der Waals surface area contributed by atoms with Crippen LogP contribution in [0.5, 0.6) is 0 Å². The zero-order chi connectivity index (χ0) is 12.2. The molecule has 1 amide bonds. The van der Waals surface area contributed by atoms with Gasteiger partial charge in [-0.3, -0.25) is 4.79 Å². The van der Waals surface area contributed by atoms with E-state index in [0.29, 0.717) is 12.8 Å². The largest absolute Gasteiger partial charge is 0.409 e. The zero-order valence-corrected chi connectivity index (χ0v) is 9.53. The van der Waals surface area contributed by atoms with Crippen LogP contribution in [0.15, 0.2) is 5.16 Å². The van der Waals surface area contributed by atoms with Crippen LogP contribution in [-0.4, -0.2) is 42.9 Å². The first kappa shape index (κ1) is 12.8. The Morgan fingerprint density at radius 3 is 2.81 bits per heavy atom. The quantitative estimate of drug-likeness (QED) is 0.251. The fourth-order valence-electron chi connectivity index (χ4n) is 1.62. The standard InChI is InChI=1S/C8H15N3O4S/c9-7(11-13)4-8(12)10-6-2-1-3-16(14,15)5-6/h6,13H,1-5H2,(H2,9,11)(H,10,12). The maximum absolute atomic E-state index is 11.3. The van der Waals surface area contributed by atoms with Gasteiger partial charge in [0.2, 0.25) is 5.91 Å². The predicted molar refractivity (Wildman–Crippen MR) is 57.8 cm³/mol. The fourth-order valence-corrected chi connectivity index (χ4v) is 3.25. The summed E-state index contributed by atoms with van der Waals surface area (Å²) in [6.45, 7) is 0. The SMILES string of the molecule is NC(CC(=O)NC1CCCS(=O)(=O)C1)=NO. The van der Waals surface area contributed by atoms with E-state index in [0.717, 1.165) is 0 Å². The average Bonchev–Trinajstić information content (AvgIpc) is 2.15. The first-order valence-corrected chi connectivity index (χ1v) is 6.71. The van der Waals surface area contributed by atoms with Gasteiger partial charge in [0.15, 0.2) is 9.84 Å². The van der Waals surface area contributed by atoms with Gasteiger partial charge in [-0.25, -0.2) is 8.42 Å². The van der Waals surface area contributed by atoms with Gasteiger partial charge in [0.1, 0.15) is 5.84 Å². The van der Waals surface area contributed by atoms with Gasteiger partial charge in [0.25, 0.3) is 0 Å². The first-order valence-electron chi connectivity index (χ1n) is 4.89. The number of sulfone groups is 1. The summed E-state index contributed by atoms with van der Waals surface area (Å²) in [7, 11) is -3.04. The molecule has 0 aromatic rings. The summed E-state index contributed by atoms with van der Waals surface area (Å²) in [5.74, 6) is -0.484. The lowest BCUT2D eigenvalue weighted by Gasteiger charge is -2.22. The van der Waals surface area contributed by atoms with E-state index >= 15 is 0 Å². The Bertz CT molecular complexity index is 390. The molecule has 0 spiro atoms. The van der Waals surface area contributed by atoms with Crippen LogP contribution in [-0.2, 0) is 14.6 Å². The Morgan fingerprint density at radius 1 is 1.56 bits per heavy atom. The number of hydrogen-bond acceptors (Lipinski definition) is 5. The number of carbonyl (C=O) groups is 1. The molecule has 0 bridgehead atoms. The van der Waals surface area contributed by atoms with E-state index < -0.39 is 15.7 Å². The second kappa shape index (κ2) is 5.15. The van der Waals surface area contributed by atoms with Crippen molar-refractivity contribution in [1.29, 1.82) is 0 Å². The van der Waals surface area contributed by atoms with Gasteiger partial charge in [-0.1, -0.05) is 5.16 Å². The Hall–Kier alpha value is -1.31. The van der Waals surface area contributed by atoms with Crippen LogP contribution in [0.25, 0.3) is 0 Å². The van der Waals surface area contributed by atoms with Gasteiger partial charge in [0, 0.05) is 6.04 Å². The van der Waals surface area contributed by atoms with Crippen LogP contribution >= 0.6 is 0 Å². The molecule has 1 aliphatic rings. The van der Waals surface area contributed by atoms with Crippen molar-refractivity contribution in [3.8, 4) is 0 Å². The highest BCUT2D eigenvalue weighted by Gasteiger charge is 2.25. The third-order valence-corrected chi connectivity index (χ3v) is 4.12.